The molecule has 0 radical (unpaired) electrons. The normalized spacial score (nSPS) is 13.1. The lowest BCUT2D eigenvalue weighted by molar-refractivity contribution is 0.178. The standard InChI is InChI=1S/C14H21N3O/c1-3-15-9-12-10-17(8-6-11(2)18)14-13(12)5-4-7-16-14/h4-5,7,10-11,15,18H,3,6,8-9H2,1-2H3. The highest BCUT2D eigenvalue weighted by molar-refractivity contribution is 5.80. The smallest absolute Gasteiger partial charge is 0.140 e. The molecule has 2 N–H and O–H groups in total. The monoisotopic (exact) mass is 247 g/mol. The molecular formula is C14H21N3O. The van der Waals surface area contributed by atoms with E-state index in [0.29, 0.717) is 0 Å². The molecule has 98 valence electrons. The van der Waals surface area contributed by atoms with Gasteiger partial charge in [0.25, 0.3) is 0 Å². The molecule has 0 saturated heterocycles. The molecule has 0 aliphatic heterocycles. The van der Waals surface area contributed by atoms with Crippen LogP contribution in [0.3, 0.4) is 0 Å². The fourth-order valence-electron chi connectivity index (χ4n) is 2.09. The first-order chi connectivity index (χ1) is 8.72. The molecule has 0 amide bonds. The van der Waals surface area contributed by atoms with E-state index in [-0.39, 0.29) is 6.10 Å². The first kappa shape index (κ1) is 13.1. The first-order valence-electron chi connectivity index (χ1n) is 6.54. The van der Waals surface area contributed by atoms with Gasteiger partial charge in [0.05, 0.1) is 6.10 Å². The van der Waals surface area contributed by atoms with Crippen LogP contribution in [-0.4, -0.2) is 27.3 Å². The number of aryl methyl sites for hydroxylation is 1. The van der Waals surface area contributed by atoms with Crippen molar-refractivity contribution >= 4 is 11.0 Å². The third-order valence-electron chi connectivity index (χ3n) is 3.07. The number of aromatic nitrogens is 2. The average molecular weight is 247 g/mol. The number of pyridine rings is 1. The van der Waals surface area contributed by atoms with Crippen LogP contribution in [0.5, 0.6) is 0 Å². The Kier molecular flexibility index (Phi) is 4.33. The average Bonchev–Trinajstić information content (AvgIpc) is 2.72. The maximum atomic E-state index is 9.39. The Morgan fingerprint density at radius 3 is 3.06 bits per heavy atom. The zero-order chi connectivity index (χ0) is 13.0. The maximum Gasteiger partial charge on any atom is 0.140 e. The Hall–Kier alpha value is -1.39. The Morgan fingerprint density at radius 2 is 2.33 bits per heavy atom. The zero-order valence-electron chi connectivity index (χ0n) is 11.1. The van der Waals surface area contributed by atoms with Crippen LogP contribution in [0.1, 0.15) is 25.8 Å². The van der Waals surface area contributed by atoms with Crippen molar-refractivity contribution in [3.63, 3.8) is 0 Å². The van der Waals surface area contributed by atoms with E-state index in [1.54, 1.807) is 0 Å². The molecule has 18 heavy (non-hydrogen) atoms. The van der Waals surface area contributed by atoms with E-state index in [2.05, 4.69) is 34.1 Å². The lowest BCUT2D eigenvalue weighted by Crippen LogP contribution is -2.11. The molecule has 1 unspecified atom stereocenters. The minimum Gasteiger partial charge on any atom is -0.393 e. The summed E-state index contributed by atoms with van der Waals surface area (Å²) in [6.07, 6.45) is 4.44. The SMILES string of the molecule is CCNCc1cn(CCC(C)O)c2ncccc12. The van der Waals surface area contributed by atoms with Crippen molar-refractivity contribution in [1.82, 2.24) is 14.9 Å². The molecule has 0 aromatic carbocycles. The highest BCUT2D eigenvalue weighted by Crippen LogP contribution is 2.19. The fraction of sp³-hybridized carbons (Fsp3) is 0.500. The van der Waals surface area contributed by atoms with Crippen molar-refractivity contribution in [1.29, 1.82) is 0 Å². The number of hydrogen-bond donors (Lipinski definition) is 2. The molecule has 0 fully saturated rings. The van der Waals surface area contributed by atoms with Crippen molar-refractivity contribution in [2.24, 2.45) is 0 Å². The number of fused-ring (bicyclic) bond motifs is 1. The van der Waals surface area contributed by atoms with Gasteiger partial charge in [0.1, 0.15) is 5.65 Å². The molecular weight excluding hydrogens is 226 g/mol. The summed E-state index contributed by atoms with van der Waals surface area (Å²) in [5, 5.41) is 13.9. The van der Waals surface area contributed by atoms with Crippen LogP contribution in [0.4, 0.5) is 0 Å². The number of nitrogens with one attached hydrogen (secondary N) is 1. The molecule has 0 spiro atoms. The topological polar surface area (TPSA) is 50.1 Å². The molecule has 0 saturated carbocycles. The molecule has 4 nitrogen and oxygen atoms in total. The van der Waals surface area contributed by atoms with E-state index in [9.17, 15) is 5.11 Å². The third kappa shape index (κ3) is 2.89. The predicted octanol–water partition coefficient (Wildman–Crippen LogP) is 1.92. The van der Waals surface area contributed by atoms with Gasteiger partial charge in [-0.15, -0.1) is 0 Å². The molecule has 4 heteroatoms. The number of aliphatic hydroxyl groups is 1. The molecule has 2 aromatic heterocycles. The highest BCUT2D eigenvalue weighted by Gasteiger charge is 2.09. The van der Waals surface area contributed by atoms with Gasteiger partial charge in [-0.05, 0) is 37.6 Å². The van der Waals surface area contributed by atoms with E-state index >= 15 is 0 Å². The van der Waals surface area contributed by atoms with Crippen molar-refractivity contribution < 1.29 is 5.11 Å². The number of aliphatic hydroxyl groups excluding tert-OH is 1. The molecule has 0 aliphatic carbocycles. The third-order valence-corrected chi connectivity index (χ3v) is 3.07. The molecule has 1 atom stereocenters. The van der Waals surface area contributed by atoms with E-state index in [4.69, 9.17) is 0 Å². The zero-order valence-corrected chi connectivity index (χ0v) is 11.1. The van der Waals surface area contributed by atoms with Gasteiger partial charge in [0, 0.05) is 30.9 Å². The van der Waals surface area contributed by atoms with E-state index in [1.165, 1.54) is 10.9 Å². The van der Waals surface area contributed by atoms with Gasteiger partial charge >= 0.3 is 0 Å². The maximum absolute atomic E-state index is 9.39. The lowest BCUT2D eigenvalue weighted by atomic mass is 10.2. The molecule has 2 heterocycles. The van der Waals surface area contributed by atoms with Gasteiger partial charge in [-0.25, -0.2) is 4.98 Å². The van der Waals surface area contributed by atoms with E-state index in [1.807, 2.05) is 19.2 Å². The number of hydrogen-bond acceptors (Lipinski definition) is 3. The van der Waals surface area contributed by atoms with Gasteiger partial charge in [0.15, 0.2) is 0 Å². The van der Waals surface area contributed by atoms with Crippen LogP contribution >= 0.6 is 0 Å². The Bertz CT molecular complexity index is 505. The van der Waals surface area contributed by atoms with Crippen molar-refractivity contribution in [2.45, 2.75) is 39.5 Å². The second kappa shape index (κ2) is 5.98. The molecule has 0 aliphatic rings. The Labute approximate surface area is 108 Å². The summed E-state index contributed by atoms with van der Waals surface area (Å²) in [7, 11) is 0. The fourth-order valence-corrected chi connectivity index (χ4v) is 2.09. The van der Waals surface area contributed by atoms with Crippen LogP contribution in [0.15, 0.2) is 24.5 Å². The second-order valence-corrected chi connectivity index (χ2v) is 4.64. The van der Waals surface area contributed by atoms with Gasteiger partial charge < -0.3 is 15.0 Å². The summed E-state index contributed by atoms with van der Waals surface area (Å²) < 4.78 is 2.13. The quantitative estimate of drug-likeness (QED) is 0.820. The second-order valence-electron chi connectivity index (χ2n) is 4.64. The summed E-state index contributed by atoms with van der Waals surface area (Å²) in [6, 6.07) is 4.07. The van der Waals surface area contributed by atoms with Crippen LogP contribution in [0.2, 0.25) is 0 Å². The summed E-state index contributed by atoms with van der Waals surface area (Å²) in [4.78, 5) is 4.44. The van der Waals surface area contributed by atoms with E-state index in [0.717, 1.165) is 31.7 Å². The highest BCUT2D eigenvalue weighted by atomic mass is 16.3. The number of nitrogens with zero attached hydrogens (tertiary/aromatic N) is 2. The number of rotatable bonds is 6. The van der Waals surface area contributed by atoms with E-state index < -0.39 is 0 Å². The van der Waals surface area contributed by atoms with Crippen molar-refractivity contribution in [3.05, 3.63) is 30.1 Å². The molecule has 0 bridgehead atoms. The van der Waals surface area contributed by atoms with Crippen LogP contribution in [0.25, 0.3) is 11.0 Å². The molecule has 2 aromatic rings. The summed E-state index contributed by atoms with van der Waals surface area (Å²) in [6.45, 7) is 6.54. The van der Waals surface area contributed by atoms with Crippen LogP contribution < -0.4 is 5.32 Å². The largest absolute Gasteiger partial charge is 0.393 e. The summed E-state index contributed by atoms with van der Waals surface area (Å²) >= 11 is 0. The van der Waals surface area contributed by atoms with Crippen LogP contribution in [-0.2, 0) is 13.1 Å². The minimum atomic E-state index is -0.275. The lowest BCUT2D eigenvalue weighted by Gasteiger charge is -2.06. The summed E-state index contributed by atoms with van der Waals surface area (Å²) in [5.74, 6) is 0. The van der Waals surface area contributed by atoms with Gasteiger partial charge in [-0.1, -0.05) is 6.92 Å². The Morgan fingerprint density at radius 1 is 1.50 bits per heavy atom. The van der Waals surface area contributed by atoms with Crippen LogP contribution in [0, 0.1) is 0 Å². The minimum absolute atomic E-state index is 0.275. The summed E-state index contributed by atoms with van der Waals surface area (Å²) in [5.41, 5.74) is 2.27. The van der Waals surface area contributed by atoms with Crippen molar-refractivity contribution in [3.8, 4) is 0 Å². The first-order valence-corrected chi connectivity index (χ1v) is 6.54. The van der Waals surface area contributed by atoms with Gasteiger partial charge in [-0.2, -0.15) is 0 Å². The van der Waals surface area contributed by atoms with Gasteiger partial charge in [-0.3, -0.25) is 0 Å². The van der Waals surface area contributed by atoms with Crippen molar-refractivity contribution in [2.75, 3.05) is 6.54 Å². The van der Waals surface area contributed by atoms with Gasteiger partial charge in [0.2, 0.25) is 0 Å². The molecule has 2 rings (SSSR count). The predicted molar refractivity (Wildman–Crippen MR) is 73.4 cm³/mol. The Balaban J connectivity index is 2.28.